The van der Waals surface area contributed by atoms with Gasteiger partial charge in [-0.3, -0.25) is 4.90 Å². The lowest BCUT2D eigenvalue weighted by Gasteiger charge is -2.47. The largest absolute Gasteiger partial charge is 0.493 e. The van der Waals surface area contributed by atoms with Crippen LogP contribution in [0.5, 0.6) is 23.0 Å². The molecule has 0 saturated carbocycles. The predicted molar refractivity (Wildman–Crippen MR) is 159 cm³/mol. The molecule has 0 bridgehead atoms. The third-order valence-electron chi connectivity index (χ3n) is 8.42. The normalized spacial score (nSPS) is 19.4. The van der Waals surface area contributed by atoms with Crippen molar-refractivity contribution < 1.29 is 41.6 Å². The Morgan fingerprint density at radius 3 is 1.80 bits per heavy atom. The van der Waals surface area contributed by atoms with Crippen LogP contribution in [-0.2, 0) is 19.6 Å². The Morgan fingerprint density at radius 1 is 0.667 bits per heavy atom. The maximum atomic E-state index is 13.9. The quantitative estimate of drug-likeness (QED) is 0.199. The van der Waals surface area contributed by atoms with Crippen LogP contribution in [0.2, 0.25) is 0 Å². The van der Waals surface area contributed by atoms with Gasteiger partial charge in [-0.05, 0) is 95.6 Å². The number of methoxy groups -OCH3 is 2. The molecular weight excluding hydrogens is 590 g/mol. The van der Waals surface area contributed by atoms with E-state index in [-0.39, 0.29) is 30.9 Å². The third-order valence-corrected chi connectivity index (χ3v) is 8.42. The SMILES string of the molecule is COc1ccc([C@@H]2C[C@H](O)C[C@H]3c4cc(OCc5cc(F)cc(F)c5)c(OCc5cc(F)cc(F)c5)cc4CCN23)cc1OC. The van der Waals surface area contributed by atoms with E-state index in [0.717, 1.165) is 28.8 Å². The molecule has 0 aromatic heterocycles. The van der Waals surface area contributed by atoms with Crippen LogP contribution < -0.4 is 18.9 Å². The number of ether oxygens (including phenoxy) is 4. The van der Waals surface area contributed by atoms with Crippen molar-refractivity contribution in [3.63, 3.8) is 0 Å². The van der Waals surface area contributed by atoms with Crippen molar-refractivity contribution in [1.29, 1.82) is 0 Å². The van der Waals surface area contributed by atoms with E-state index in [1.807, 2.05) is 30.3 Å². The summed E-state index contributed by atoms with van der Waals surface area (Å²) in [5, 5.41) is 11.0. The second-order valence-corrected chi connectivity index (χ2v) is 11.4. The van der Waals surface area contributed by atoms with Crippen molar-refractivity contribution in [2.75, 3.05) is 20.8 Å². The minimum atomic E-state index is -0.725. The first-order valence-electron chi connectivity index (χ1n) is 14.7. The van der Waals surface area contributed by atoms with E-state index in [2.05, 4.69) is 4.90 Å². The average molecular weight is 624 g/mol. The number of hydrogen-bond acceptors (Lipinski definition) is 6. The van der Waals surface area contributed by atoms with Crippen molar-refractivity contribution in [3.05, 3.63) is 118 Å². The molecule has 2 heterocycles. The number of rotatable bonds is 9. The van der Waals surface area contributed by atoms with Crippen LogP contribution in [0.1, 0.15) is 52.7 Å². The van der Waals surface area contributed by atoms with Gasteiger partial charge < -0.3 is 24.1 Å². The molecule has 2 aliphatic heterocycles. The fourth-order valence-electron chi connectivity index (χ4n) is 6.43. The highest BCUT2D eigenvalue weighted by Crippen LogP contribution is 2.48. The van der Waals surface area contributed by atoms with Crippen LogP contribution in [0.25, 0.3) is 0 Å². The molecule has 6 rings (SSSR count). The molecule has 0 amide bonds. The Labute approximate surface area is 258 Å². The monoisotopic (exact) mass is 623 g/mol. The lowest BCUT2D eigenvalue weighted by atomic mass is 9.81. The van der Waals surface area contributed by atoms with Gasteiger partial charge in [0.25, 0.3) is 0 Å². The average Bonchev–Trinajstić information content (AvgIpc) is 3.01. The summed E-state index contributed by atoms with van der Waals surface area (Å²) in [4.78, 5) is 2.36. The van der Waals surface area contributed by atoms with Crippen LogP contribution in [0, 0.1) is 23.3 Å². The summed E-state index contributed by atoms with van der Waals surface area (Å²) in [5.41, 5.74) is 3.50. The van der Waals surface area contributed by atoms with Crippen molar-refractivity contribution in [1.82, 2.24) is 4.90 Å². The highest BCUT2D eigenvalue weighted by atomic mass is 19.1. The first-order valence-corrected chi connectivity index (χ1v) is 14.7. The van der Waals surface area contributed by atoms with Crippen molar-refractivity contribution in [3.8, 4) is 23.0 Å². The Bertz CT molecular complexity index is 1660. The molecule has 1 saturated heterocycles. The maximum Gasteiger partial charge on any atom is 0.162 e. The van der Waals surface area contributed by atoms with Gasteiger partial charge in [0, 0.05) is 30.8 Å². The third kappa shape index (κ3) is 6.72. The van der Waals surface area contributed by atoms with E-state index >= 15 is 0 Å². The summed E-state index contributed by atoms with van der Waals surface area (Å²) < 4.78 is 78.5. The van der Waals surface area contributed by atoms with Gasteiger partial charge in [0.15, 0.2) is 23.0 Å². The van der Waals surface area contributed by atoms with E-state index < -0.39 is 29.4 Å². The Hall–Kier alpha value is -4.28. The number of piperidine rings is 1. The van der Waals surface area contributed by atoms with Gasteiger partial charge in [-0.1, -0.05) is 6.07 Å². The van der Waals surface area contributed by atoms with Gasteiger partial charge >= 0.3 is 0 Å². The Balaban J connectivity index is 1.34. The van der Waals surface area contributed by atoms with Crippen LogP contribution in [0.3, 0.4) is 0 Å². The van der Waals surface area contributed by atoms with Crippen LogP contribution >= 0.6 is 0 Å². The molecule has 45 heavy (non-hydrogen) atoms. The van der Waals surface area contributed by atoms with Gasteiger partial charge in [0.2, 0.25) is 0 Å². The number of fused-ring (bicyclic) bond motifs is 3. The van der Waals surface area contributed by atoms with Crippen molar-refractivity contribution >= 4 is 0 Å². The topological polar surface area (TPSA) is 60.4 Å². The van der Waals surface area contributed by atoms with Crippen LogP contribution in [0.4, 0.5) is 17.6 Å². The van der Waals surface area contributed by atoms with E-state index in [9.17, 15) is 22.7 Å². The van der Waals surface area contributed by atoms with Crippen LogP contribution in [0.15, 0.2) is 66.7 Å². The van der Waals surface area contributed by atoms with Crippen molar-refractivity contribution in [2.24, 2.45) is 0 Å². The lowest BCUT2D eigenvalue weighted by Crippen LogP contribution is -2.45. The predicted octanol–water partition coefficient (Wildman–Crippen LogP) is 7.21. The highest BCUT2D eigenvalue weighted by molar-refractivity contribution is 5.51. The zero-order valence-electron chi connectivity index (χ0n) is 24.9. The molecule has 4 aromatic carbocycles. The number of benzene rings is 4. The zero-order valence-corrected chi connectivity index (χ0v) is 24.9. The van der Waals surface area contributed by atoms with E-state index in [0.29, 0.717) is 54.4 Å². The standard InChI is InChI=1S/C35H33F4NO5/c1-42-32-4-3-23(12-33(32)43-2)30-15-28(41)16-31-29-17-35(45-19-21-9-26(38)14-27(39)10-21)34(11-22(29)5-6-40(30)31)44-18-20-7-24(36)13-25(37)8-20/h3-4,7-14,17,28,30-31,41H,5-6,15-16,18-19H2,1-2H3/t28-,30-,31-/m0/s1. The summed E-state index contributed by atoms with van der Waals surface area (Å²) in [6.07, 6.45) is 1.13. The fraction of sp³-hybridized carbons (Fsp3) is 0.314. The minimum Gasteiger partial charge on any atom is -0.493 e. The summed E-state index contributed by atoms with van der Waals surface area (Å²) in [6, 6.07) is 15.5. The molecule has 0 spiro atoms. The zero-order chi connectivity index (χ0) is 31.7. The van der Waals surface area contributed by atoms with Crippen LogP contribution in [-0.4, -0.2) is 36.9 Å². The van der Waals surface area contributed by atoms with E-state index in [1.165, 1.54) is 24.3 Å². The number of aliphatic hydroxyl groups is 1. The van der Waals surface area contributed by atoms with E-state index in [1.54, 1.807) is 14.2 Å². The Morgan fingerprint density at radius 2 is 1.22 bits per heavy atom. The summed E-state index contributed by atoms with van der Waals surface area (Å²) >= 11 is 0. The molecule has 4 aromatic rings. The number of hydrogen-bond donors (Lipinski definition) is 1. The number of nitrogens with zero attached hydrogens (tertiary/aromatic N) is 1. The van der Waals surface area contributed by atoms with Gasteiger partial charge in [-0.2, -0.15) is 0 Å². The molecule has 0 unspecified atom stereocenters. The fourth-order valence-corrected chi connectivity index (χ4v) is 6.43. The summed E-state index contributed by atoms with van der Waals surface area (Å²) in [6.45, 7) is 0.429. The number of aliphatic hydroxyl groups excluding tert-OH is 1. The molecule has 0 radical (unpaired) electrons. The molecule has 1 fully saturated rings. The summed E-state index contributed by atoms with van der Waals surface area (Å²) in [5.74, 6) is -1.03. The second kappa shape index (κ2) is 13.0. The van der Waals surface area contributed by atoms with E-state index in [4.69, 9.17) is 18.9 Å². The first-order chi connectivity index (χ1) is 21.7. The molecule has 236 valence electrons. The molecule has 2 aliphatic rings. The lowest BCUT2D eigenvalue weighted by molar-refractivity contribution is -0.00697. The second-order valence-electron chi connectivity index (χ2n) is 11.4. The minimum absolute atomic E-state index is 0.0925. The van der Waals surface area contributed by atoms with Gasteiger partial charge in [0.1, 0.15) is 36.5 Å². The first kappa shape index (κ1) is 30.7. The van der Waals surface area contributed by atoms with Gasteiger partial charge in [0.05, 0.1) is 20.3 Å². The molecule has 1 N–H and O–H groups in total. The highest BCUT2D eigenvalue weighted by Gasteiger charge is 2.40. The molecule has 0 aliphatic carbocycles. The van der Waals surface area contributed by atoms with Gasteiger partial charge in [-0.15, -0.1) is 0 Å². The van der Waals surface area contributed by atoms with Crippen molar-refractivity contribution in [2.45, 2.75) is 50.7 Å². The molecule has 3 atom stereocenters. The maximum absolute atomic E-state index is 13.9. The molecular formula is C35H33F4NO5. The Kier molecular flexibility index (Phi) is 8.87. The molecule has 10 heteroatoms. The van der Waals surface area contributed by atoms with Gasteiger partial charge in [-0.25, -0.2) is 17.6 Å². The summed E-state index contributed by atoms with van der Waals surface area (Å²) in [7, 11) is 3.17. The number of halogens is 4. The molecule has 6 nitrogen and oxygen atoms in total. The smallest absolute Gasteiger partial charge is 0.162 e.